The Morgan fingerprint density at radius 2 is 1.52 bits per heavy atom. The summed E-state index contributed by atoms with van der Waals surface area (Å²) in [6.45, 7) is 7.01. The van der Waals surface area contributed by atoms with E-state index < -0.39 is 47.2 Å². The van der Waals surface area contributed by atoms with E-state index in [9.17, 15) is 19.8 Å². The Balaban J connectivity index is 1.76. The van der Waals surface area contributed by atoms with Crippen LogP contribution in [0.3, 0.4) is 0 Å². The molecule has 10 heteroatoms. The summed E-state index contributed by atoms with van der Waals surface area (Å²) in [5.74, 6) is -0.0742. The van der Waals surface area contributed by atoms with Crippen molar-refractivity contribution in [3.8, 4) is 0 Å². The Bertz CT molecular complexity index is 806. The fourth-order valence-corrected chi connectivity index (χ4v) is 7.65. The molecule has 3 N–H and O–H groups in total. The highest BCUT2D eigenvalue weighted by Crippen LogP contribution is 2.33. The van der Waals surface area contributed by atoms with E-state index in [1.165, 1.54) is 76.0 Å². The number of hydrogen-bond donors (Lipinski definition) is 3. The van der Waals surface area contributed by atoms with Crippen LogP contribution in [0, 0.1) is 5.92 Å². The van der Waals surface area contributed by atoms with E-state index in [2.05, 4.69) is 24.1 Å². The maximum atomic E-state index is 13.3. The molecule has 8 unspecified atom stereocenters. The lowest BCUT2D eigenvalue weighted by molar-refractivity contribution is -0.218. The Morgan fingerprint density at radius 3 is 2.05 bits per heavy atom. The van der Waals surface area contributed by atoms with Gasteiger partial charge >= 0.3 is 5.97 Å². The third kappa shape index (κ3) is 13.3. The number of carbonyl (C=O) groups is 2. The molecule has 0 bridgehead atoms. The lowest BCUT2D eigenvalue weighted by Crippen LogP contribution is -2.65. The predicted molar refractivity (Wildman–Crippen MR) is 181 cm³/mol. The summed E-state index contributed by atoms with van der Waals surface area (Å²) >= 11 is 7.82. The van der Waals surface area contributed by atoms with Crippen molar-refractivity contribution in [2.24, 2.45) is 5.92 Å². The van der Waals surface area contributed by atoms with Crippen LogP contribution in [0.2, 0.25) is 0 Å². The highest BCUT2D eigenvalue weighted by atomic mass is 35.5. The molecule has 2 aliphatic rings. The molecule has 2 heterocycles. The van der Waals surface area contributed by atoms with Crippen molar-refractivity contribution in [2.75, 3.05) is 19.8 Å². The average Bonchev–Trinajstić information content (AvgIpc) is 3.36. The van der Waals surface area contributed by atoms with Gasteiger partial charge in [-0.2, -0.15) is 0 Å². The van der Waals surface area contributed by atoms with Crippen LogP contribution in [0.1, 0.15) is 130 Å². The summed E-state index contributed by atoms with van der Waals surface area (Å²) in [5.41, 5.74) is -0.702. The van der Waals surface area contributed by atoms with Gasteiger partial charge in [-0.15, -0.1) is 23.4 Å². The normalized spacial score (nSPS) is 29.0. The number of rotatable bonds is 22. The molecule has 2 saturated heterocycles. The van der Waals surface area contributed by atoms with Crippen molar-refractivity contribution >= 4 is 35.2 Å². The van der Waals surface area contributed by atoms with Gasteiger partial charge in [0.1, 0.15) is 23.7 Å². The molecule has 0 aliphatic carbocycles. The van der Waals surface area contributed by atoms with Gasteiger partial charge in [-0.05, 0) is 45.4 Å². The molecular formula is C34H63ClN2O6S. The van der Waals surface area contributed by atoms with Crippen molar-refractivity contribution < 1.29 is 29.3 Å². The summed E-state index contributed by atoms with van der Waals surface area (Å²) in [6.07, 6.45) is 16.3. The predicted octanol–water partition coefficient (Wildman–Crippen LogP) is 6.42. The highest BCUT2D eigenvalue weighted by molar-refractivity contribution is 7.99. The lowest BCUT2D eigenvalue weighted by atomic mass is 9.92. The van der Waals surface area contributed by atoms with Gasteiger partial charge < -0.3 is 25.0 Å². The molecule has 0 spiro atoms. The van der Waals surface area contributed by atoms with E-state index in [1.807, 2.05) is 7.05 Å². The van der Waals surface area contributed by atoms with E-state index in [-0.39, 0.29) is 18.4 Å². The maximum absolute atomic E-state index is 13.3. The van der Waals surface area contributed by atoms with E-state index in [0.717, 1.165) is 45.1 Å². The number of amides is 1. The van der Waals surface area contributed by atoms with Gasteiger partial charge in [-0.25, -0.2) is 0 Å². The van der Waals surface area contributed by atoms with Crippen LogP contribution >= 0.6 is 23.4 Å². The molecule has 8 nitrogen and oxygen atoms in total. The molecule has 0 saturated carbocycles. The first-order valence-corrected chi connectivity index (χ1v) is 19.2. The average molecular weight is 663 g/mol. The summed E-state index contributed by atoms with van der Waals surface area (Å²) in [7, 11) is 1.95. The van der Waals surface area contributed by atoms with Crippen LogP contribution < -0.4 is 5.32 Å². The number of aliphatic hydroxyl groups excluding tert-OH is 2. The van der Waals surface area contributed by atoms with Gasteiger partial charge in [0.2, 0.25) is 5.91 Å². The molecule has 2 fully saturated rings. The molecule has 0 aromatic carbocycles. The van der Waals surface area contributed by atoms with Crippen LogP contribution in [0.4, 0.5) is 0 Å². The molecule has 44 heavy (non-hydrogen) atoms. The second kappa shape index (κ2) is 22.1. The fourth-order valence-electron chi connectivity index (χ4n) is 6.72. The minimum atomic E-state index is -1.38. The zero-order valence-corrected chi connectivity index (χ0v) is 29.8. The topological polar surface area (TPSA) is 108 Å². The number of ether oxygens (including phenoxy) is 2. The van der Waals surface area contributed by atoms with Crippen molar-refractivity contribution in [3.63, 3.8) is 0 Å². The standard InChI is InChI=1S/C34H63ClN2O6S/c1-6-8-9-10-11-12-13-14-15-16-17-18-19-21-27(38)42-32-30(40)29(39)31(43-34(32)44-5)28(24(3)35)36-33(41)26-22-25(20-7-2)23-37(26)4/h24-26,28-32,34,39-40H,6-23H2,1-5H3,(H,36,41)/t24?,25-,26?,28?,29?,30?,31?,32?,34?/m1/s1. The Hall–Kier alpha value is -0.580. The number of likely N-dealkylation sites (N-methyl/N-ethyl adjacent to an activating group) is 1. The molecule has 9 atom stereocenters. The third-order valence-electron chi connectivity index (χ3n) is 9.36. The van der Waals surface area contributed by atoms with Crippen LogP contribution in [-0.2, 0) is 19.1 Å². The third-order valence-corrected chi connectivity index (χ3v) is 10.5. The molecule has 1 amide bonds. The summed E-state index contributed by atoms with van der Waals surface area (Å²) in [6, 6.07) is -1.00. The van der Waals surface area contributed by atoms with Crippen LogP contribution in [0.25, 0.3) is 0 Å². The van der Waals surface area contributed by atoms with Crippen LogP contribution in [-0.4, -0.2) is 94.2 Å². The number of nitrogens with zero attached hydrogens (tertiary/aromatic N) is 1. The number of thioether (sulfide) groups is 1. The van der Waals surface area contributed by atoms with Crippen molar-refractivity contribution in [1.82, 2.24) is 10.2 Å². The summed E-state index contributed by atoms with van der Waals surface area (Å²) in [4.78, 5) is 28.0. The minimum absolute atomic E-state index is 0.152. The van der Waals surface area contributed by atoms with E-state index >= 15 is 0 Å². The van der Waals surface area contributed by atoms with Crippen LogP contribution in [0.15, 0.2) is 0 Å². The van der Waals surface area contributed by atoms with Crippen LogP contribution in [0.5, 0.6) is 0 Å². The van der Waals surface area contributed by atoms with Gasteiger partial charge in [0.05, 0.1) is 17.5 Å². The zero-order chi connectivity index (χ0) is 32.5. The largest absolute Gasteiger partial charge is 0.456 e. The second-order valence-electron chi connectivity index (χ2n) is 13.2. The van der Waals surface area contributed by atoms with Crippen molar-refractivity contribution in [1.29, 1.82) is 0 Å². The van der Waals surface area contributed by atoms with Gasteiger partial charge in [-0.1, -0.05) is 97.3 Å². The van der Waals surface area contributed by atoms with Crippen molar-refractivity contribution in [3.05, 3.63) is 0 Å². The number of hydrogen-bond acceptors (Lipinski definition) is 8. The number of nitrogens with one attached hydrogen (secondary N) is 1. The summed E-state index contributed by atoms with van der Waals surface area (Å²) < 4.78 is 11.9. The van der Waals surface area contributed by atoms with Gasteiger partial charge in [-0.3, -0.25) is 14.5 Å². The quantitative estimate of drug-likeness (QED) is 0.0693. The van der Waals surface area contributed by atoms with E-state index in [4.69, 9.17) is 21.1 Å². The molecule has 0 aromatic rings. The molecule has 0 aromatic heterocycles. The van der Waals surface area contributed by atoms with Gasteiger partial charge in [0, 0.05) is 13.0 Å². The first-order valence-electron chi connectivity index (χ1n) is 17.5. The lowest BCUT2D eigenvalue weighted by Gasteiger charge is -2.45. The zero-order valence-electron chi connectivity index (χ0n) is 28.2. The van der Waals surface area contributed by atoms with Crippen molar-refractivity contribution in [2.45, 2.75) is 177 Å². The number of aliphatic hydroxyl groups is 2. The number of likely N-dealkylation sites (tertiary alicyclic amines) is 1. The summed E-state index contributed by atoms with van der Waals surface area (Å²) in [5, 5.41) is 24.6. The Kier molecular flexibility index (Phi) is 19.9. The Morgan fingerprint density at radius 1 is 0.955 bits per heavy atom. The maximum Gasteiger partial charge on any atom is 0.306 e. The fraction of sp³-hybridized carbons (Fsp3) is 0.941. The second-order valence-corrected chi connectivity index (χ2v) is 14.8. The molecule has 258 valence electrons. The SMILES string of the molecule is CCCCCCCCCCCCCCCC(=O)OC1C(SC)OC(C(NC(=O)C2C[C@@H](CCC)CN2C)C(C)Cl)C(O)C1O. The number of esters is 1. The molecule has 2 rings (SSSR count). The Labute approximate surface area is 277 Å². The first kappa shape index (κ1) is 39.6. The number of alkyl halides is 1. The number of halogens is 1. The molecular weight excluding hydrogens is 600 g/mol. The smallest absolute Gasteiger partial charge is 0.306 e. The van der Waals surface area contributed by atoms with Gasteiger partial charge in [0.25, 0.3) is 0 Å². The number of carbonyl (C=O) groups excluding carboxylic acids is 2. The monoisotopic (exact) mass is 662 g/mol. The first-order chi connectivity index (χ1) is 21.1. The highest BCUT2D eigenvalue weighted by Gasteiger charge is 2.50. The van der Waals surface area contributed by atoms with Gasteiger partial charge in [0.15, 0.2) is 6.10 Å². The minimum Gasteiger partial charge on any atom is -0.456 e. The molecule has 0 radical (unpaired) electrons. The van der Waals surface area contributed by atoms with E-state index in [0.29, 0.717) is 5.92 Å². The van der Waals surface area contributed by atoms with E-state index in [1.54, 1.807) is 13.2 Å². The number of unbranched alkanes of at least 4 members (excludes halogenated alkanes) is 12. The molecule has 2 aliphatic heterocycles.